The molecule has 0 amide bonds. The molecule has 5 aromatic carbocycles. The molecule has 0 bridgehead atoms. The van der Waals surface area contributed by atoms with Crippen molar-refractivity contribution in [2.75, 3.05) is 13.2 Å². The highest BCUT2D eigenvalue weighted by atomic mass is 16.3. The van der Waals surface area contributed by atoms with Crippen molar-refractivity contribution in [2.45, 2.75) is 12.8 Å². The van der Waals surface area contributed by atoms with Gasteiger partial charge in [-0.25, -0.2) is 0 Å². The highest BCUT2D eigenvalue weighted by molar-refractivity contribution is 6.33. The van der Waals surface area contributed by atoms with Crippen LogP contribution in [0.5, 0.6) is 0 Å². The third-order valence-corrected chi connectivity index (χ3v) is 5.53. The lowest BCUT2D eigenvalue weighted by molar-refractivity contribution is 0.299. The van der Waals surface area contributed by atoms with Crippen molar-refractivity contribution in [1.82, 2.24) is 0 Å². The Hall–Kier alpha value is -2.68. The fourth-order valence-electron chi connectivity index (χ4n) is 4.45. The molecule has 2 N–H and O–H groups in total. The fourth-order valence-corrected chi connectivity index (χ4v) is 4.45. The normalized spacial score (nSPS) is 12.1. The molecule has 0 fully saturated rings. The third kappa shape index (κ3) is 2.13. The molecule has 2 heteroatoms. The second-order valence-electron chi connectivity index (χ2n) is 6.99. The van der Waals surface area contributed by atoms with Gasteiger partial charge in [0.1, 0.15) is 0 Å². The van der Waals surface area contributed by atoms with Gasteiger partial charge < -0.3 is 10.2 Å². The Kier molecular flexibility index (Phi) is 3.56. The number of rotatable bonds is 4. The van der Waals surface area contributed by atoms with E-state index in [0.717, 1.165) is 0 Å². The van der Waals surface area contributed by atoms with Crippen molar-refractivity contribution in [3.63, 3.8) is 0 Å². The zero-order valence-electron chi connectivity index (χ0n) is 14.5. The molecule has 5 rings (SSSR count). The van der Waals surface area contributed by atoms with E-state index in [1.54, 1.807) is 0 Å². The van der Waals surface area contributed by atoms with Gasteiger partial charge >= 0.3 is 0 Å². The molecule has 5 aromatic rings. The van der Waals surface area contributed by atoms with Crippen LogP contribution < -0.4 is 0 Å². The Morgan fingerprint density at radius 2 is 1.27 bits per heavy atom. The van der Waals surface area contributed by atoms with Gasteiger partial charge in [-0.15, -0.1) is 0 Å². The van der Waals surface area contributed by atoms with Gasteiger partial charge in [0.05, 0.1) is 0 Å². The molecular weight excluding hydrogens is 320 g/mol. The van der Waals surface area contributed by atoms with E-state index in [2.05, 4.69) is 60.7 Å². The standard InChI is InChI=1S/C24H20O2/c25-11-9-15-13-17-3-1-5-19-20-6-2-4-18-16(10-12-26)7-8-21(24(18)20)22(14-15)23(17)19/h1-8,13-14,25-26H,9-12H2. The van der Waals surface area contributed by atoms with Gasteiger partial charge in [-0.3, -0.25) is 0 Å². The van der Waals surface area contributed by atoms with Crippen molar-refractivity contribution >= 4 is 43.1 Å². The van der Waals surface area contributed by atoms with Gasteiger partial charge in [-0.05, 0) is 67.1 Å². The number of aliphatic hydroxyl groups is 2. The lowest BCUT2D eigenvalue weighted by atomic mass is 9.87. The van der Waals surface area contributed by atoms with Gasteiger partial charge in [0.2, 0.25) is 0 Å². The SMILES string of the molecule is OCCc1cc2cccc3c4cccc5c(CCO)ccc(c(c1)c23)c54. The quantitative estimate of drug-likeness (QED) is 0.364. The summed E-state index contributed by atoms with van der Waals surface area (Å²) in [4.78, 5) is 0. The van der Waals surface area contributed by atoms with Crippen molar-refractivity contribution in [2.24, 2.45) is 0 Å². The van der Waals surface area contributed by atoms with Gasteiger partial charge in [0.25, 0.3) is 0 Å². The smallest absolute Gasteiger partial charge is 0.0471 e. The summed E-state index contributed by atoms with van der Waals surface area (Å²) >= 11 is 0. The van der Waals surface area contributed by atoms with Crippen molar-refractivity contribution in [1.29, 1.82) is 0 Å². The minimum Gasteiger partial charge on any atom is -0.396 e. The summed E-state index contributed by atoms with van der Waals surface area (Å²) in [5.74, 6) is 0. The Bertz CT molecular complexity index is 1250. The zero-order chi connectivity index (χ0) is 17.7. The van der Waals surface area contributed by atoms with Crippen LogP contribution in [-0.2, 0) is 12.8 Å². The molecule has 0 atom stereocenters. The van der Waals surface area contributed by atoms with Crippen LogP contribution in [0.2, 0.25) is 0 Å². The van der Waals surface area contributed by atoms with Crippen LogP contribution in [0, 0.1) is 0 Å². The van der Waals surface area contributed by atoms with Crippen LogP contribution >= 0.6 is 0 Å². The number of hydrogen-bond acceptors (Lipinski definition) is 2. The Balaban J connectivity index is 2.04. The molecule has 0 aliphatic heterocycles. The summed E-state index contributed by atoms with van der Waals surface area (Å²) < 4.78 is 0. The summed E-state index contributed by atoms with van der Waals surface area (Å²) in [5.41, 5.74) is 2.36. The number of hydrogen-bond donors (Lipinski definition) is 2. The van der Waals surface area contributed by atoms with E-state index in [1.165, 1.54) is 54.2 Å². The van der Waals surface area contributed by atoms with Gasteiger partial charge in [-0.2, -0.15) is 0 Å². The summed E-state index contributed by atoms with van der Waals surface area (Å²) in [7, 11) is 0. The highest BCUT2D eigenvalue weighted by Crippen LogP contribution is 2.41. The average Bonchev–Trinajstić information content (AvgIpc) is 2.67. The Morgan fingerprint density at radius 1 is 0.577 bits per heavy atom. The molecule has 0 aliphatic rings. The van der Waals surface area contributed by atoms with Crippen molar-refractivity contribution in [3.8, 4) is 0 Å². The first-order chi connectivity index (χ1) is 12.8. The minimum absolute atomic E-state index is 0.158. The first-order valence-electron chi connectivity index (χ1n) is 9.14. The van der Waals surface area contributed by atoms with Crippen LogP contribution in [-0.4, -0.2) is 23.4 Å². The minimum atomic E-state index is 0.158. The van der Waals surface area contributed by atoms with Crippen molar-refractivity contribution < 1.29 is 10.2 Å². The Morgan fingerprint density at radius 3 is 2.08 bits per heavy atom. The topological polar surface area (TPSA) is 40.5 Å². The molecule has 128 valence electrons. The predicted octanol–water partition coefficient (Wildman–Crippen LogP) is 4.81. The molecule has 26 heavy (non-hydrogen) atoms. The van der Waals surface area contributed by atoms with E-state index < -0.39 is 0 Å². The molecule has 0 aromatic heterocycles. The molecule has 0 unspecified atom stereocenters. The highest BCUT2D eigenvalue weighted by Gasteiger charge is 2.15. The number of fused-ring (bicyclic) bond motifs is 2. The van der Waals surface area contributed by atoms with Crippen LogP contribution in [0.3, 0.4) is 0 Å². The van der Waals surface area contributed by atoms with Crippen LogP contribution in [0.1, 0.15) is 11.1 Å². The zero-order valence-corrected chi connectivity index (χ0v) is 14.5. The number of benzene rings is 5. The van der Waals surface area contributed by atoms with E-state index >= 15 is 0 Å². The van der Waals surface area contributed by atoms with Crippen LogP contribution in [0.4, 0.5) is 0 Å². The largest absolute Gasteiger partial charge is 0.396 e. The maximum atomic E-state index is 9.44. The van der Waals surface area contributed by atoms with E-state index in [0.29, 0.717) is 12.8 Å². The van der Waals surface area contributed by atoms with E-state index in [-0.39, 0.29) is 13.2 Å². The maximum Gasteiger partial charge on any atom is 0.0471 e. The summed E-state index contributed by atoms with van der Waals surface area (Å²) in [5, 5.41) is 28.9. The molecule has 0 heterocycles. The van der Waals surface area contributed by atoms with Crippen LogP contribution in [0.25, 0.3) is 43.1 Å². The molecule has 0 aliphatic carbocycles. The fraction of sp³-hybridized carbons (Fsp3) is 0.167. The number of aliphatic hydroxyl groups excluding tert-OH is 2. The maximum absolute atomic E-state index is 9.44. The van der Waals surface area contributed by atoms with E-state index in [9.17, 15) is 10.2 Å². The molecule has 0 saturated heterocycles. The average molecular weight is 340 g/mol. The second kappa shape index (κ2) is 5.94. The first-order valence-corrected chi connectivity index (χ1v) is 9.14. The van der Waals surface area contributed by atoms with Crippen molar-refractivity contribution in [3.05, 3.63) is 71.8 Å². The first kappa shape index (κ1) is 15.6. The Labute approximate surface area is 151 Å². The molecule has 0 spiro atoms. The van der Waals surface area contributed by atoms with Gasteiger partial charge in [0.15, 0.2) is 0 Å². The molecule has 2 nitrogen and oxygen atoms in total. The lowest BCUT2D eigenvalue weighted by Gasteiger charge is -2.17. The molecular formula is C24H20O2. The van der Waals surface area contributed by atoms with Gasteiger partial charge in [-0.1, -0.05) is 60.7 Å². The third-order valence-electron chi connectivity index (χ3n) is 5.53. The monoisotopic (exact) mass is 340 g/mol. The molecule has 0 radical (unpaired) electrons. The van der Waals surface area contributed by atoms with Gasteiger partial charge in [0, 0.05) is 13.2 Å². The van der Waals surface area contributed by atoms with E-state index in [4.69, 9.17) is 0 Å². The summed E-state index contributed by atoms with van der Waals surface area (Å²) in [6.45, 7) is 0.317. The summed E-state index contributed by atoms with van der Waals surface area (Å²) in [6.07, 6.45) is 1.34. The second-order valence-corrected chi connectivity index (χ2v) is 6.99. The lowest BCUT2D eigenvalue weighted by Crippen LogP contribution is -1.95. The van der Waals surface area contributed by atoms with Crippen LogP contribution in [0.15, 0.2) is 60.7 Å². The van der Waals surface area contributed by atoms with E-state index in [1.807, 2.05) is 0 Å². The summed E-state index contributed by atoms with van der Waals surface area (Å²) in [6, 6.07) is 21.7. The molecule has 0 saturated carbocycles. The predicted molar refractivity (Wildman–Crippen MR) is 109 cm³/mol.